The highest BCUT2D eigenvalue weighted by atomic mass is 16.5. The van der Waals surface area contributed by atoms with E-state index in [0.29, 0.717) is 46.4 Å². The van der Waals surface area contributed by atoms with Crippen molar-refractivity contribution in [3.05, 3.63) is 76.6 Å². The standard InChI is InChI=1S/C25H24N2O4/c1-14(2)18-13-20-21(28)7-10-31-24(20)22(23(18)29)19-12-17(25(26)30)4-3-16(19)11-15-5-8-27-9-6-15/h3-6,8-9,12-14,29H,7,10-11H2,1-2H3,(H2,26,30). The molecule has 0 saturated heterocycles. The van der Waals surface area contributed by atoms with Crippen molar-refractivity contribution in [2.24, 2.45) is 5.73 Å². The highest BCUT2D eigenvalue weighted by Crippen LogP contribution is 2.48. The molecule has 0 radical (unpaired) electrons. The molecule has 6 nitrogen and oxygen atoms in total. The third-order valence-electron chi connectivity index (χ3n) is 5.59. The van der Waals surface area contributed by atoms with E-state index in [2.05, 4.69) is 4.98 Å². The molecule has 3 N–H and O–H groups in total. The molecule has 3 aromatic rings. The minimum atomic E-state index is -0.568. The predicted octanol–water partition coefficient (Wildman–Crippen LogP) is 4.23. The first-order valence-electron chi connectivity index (χ1n) is 10.2. The summed E-state index contributed by atoms with van der Waals surface area (Å²) < 4.78 is 5.89. The molecular weight excluding hydrogens is 392 g/mol. The Balaban J connectivity index is 2.01. The topological polar surface area (TPSA) is 103 Å². The lowest BCUT2D eigenvalue weighted by molar-refractivity contribution is 0.0932. The highest BCUT2D eigenvalue weighted by Gasteiger charge is 2.29. The van der Waals surface area contributed by atoms with E-state index < -0.39 is 5.91 Å². The van der Waals surface area contributed by atoms with Crippen LogP contribution in [0.1, 0.15) is 63.6 Å². The fraction of sp³-hybridized carbons (Fsp3) is 0.240. The van der Waals surface area contributed by atoms with Crippen LogP contribution in [0, 0.1) is 0 Å². The van der Waals surface area contributed by atoms with Crippen LogP contribution in [0.5, 0.6) is 11.5 Å². The SMILES string of the molecule is CC(C)c1cc2c(c(-c3cc(C(N)=O)ccc3Cc3ccncc3)c1O)OCCC2=O. The van der Waals surface area contributed by atoms with Gasteiger partial charge in [0.1, 0.15) is 11.5 Å². The summed E-state index contributed by atoms with van der Waals surface area (Å²) in [6, 6.07) is 10.7. The number of phenols is 1. The van der Waals surface area contributed by atoms with Crippen LogP contribution < -0.4 is 10.5 Å². The van der Waals surface area contributed by atoms with Gasteiger partial charge in [-0.2, -0.15) is 0 Å². The van der Waals surface area contributed by atoms with E-state index in [1.807, 2.05) is 32.0 Å². The first kappa shape index (κ1) is 20.6. The van der Waals surface area contributed by atoms with Crippen molar-refractivity contribution >= 4 is 11.7 Å². The number of carbonyl (C=O) groups is 2. The molecule has 2 aromatic carbocycles. The minimum absolute atomic E-state index is 0.0123. The second-order valence-electron chi connectivity index (χ2n) is 8.01. The van der Waals surface area contributed by atoms with Gasteiger partial charge >= 0.3 is 0 Å². The number of rotatable bonds is 5. The summed E-state index contributed by atoms with van der Waals surface area (Å²) in [5.41, 5.74) is 9.93. The summed E-state index contributed by atoms with van der Waals surface area (Å²) in [7, 11) is 0. The first-order valence-corrected chi connectivity index (χ1v) is 10.2. The number of ether oxygens (including phenoxy) is 1. The summed E-state index contributed by atoms with van der Waals surface area (Å²) in [5.74, 6) is -0.188. The third-order valence-corrected chi connectivity index (χ3v) is 5.59. The molecule has 1 aliphatic rings. The number of nitrogens with zero attached hydrogens (tertiary/aromatic N) is 1. The van der Waals surface area contributed by atoms with Gasteiger partial charge in [-0.15, -0.1) is 0 Å². The maximum Gasteiger partial charge on any atom is 0.248 e. The average Bonchev–Trinajstić information content (AvgIpc) is 2.74. The number of hydrogen-bond acceptors (Lipinski definition) is 5. The summed E-state index contributed by atoms with van der Waals surface area (Å²) in [6.45, 7) is 4.16. The molecular formula is C25H24N2O4. The number of phenolic OH excluding ortho intramolecular Hbond substituents is 1. The molecule has 0 spiro atoms. The summed E-state index contributed by atoms with van der Waals surface area (Å²) >= 11 is 0. The number of fused-ring (bicyclic) bond motifs is 1. The normalized spacial score (nSPS) is 13.1. The van der Waals surface area contributed by atoms with Crippen LogP contribution in [0.15, 0.2) is 48.8 Å². The zero-order chi connectivity index (χ0) is 22.1. The zero-order valence-electron chi connectivity index (χ0n) is 17.5. The number of carbonyl (C=O) groups excluding carboxylic acids is 2. The fourth-order valence-corrected chi connectivity index (χ4v) is 3.94. The number of amides is 1. The number of pyridine rings is 1. The molecule has 0 saturated carbocycles. The summed E-state index contributed by atoms with van der Waals surface area (Å²) in [6.07, 6.45) is 4.27. The van der Waals surface area contributed by atoms with Crippen molar-refractivity contribution in [1.82, 2.24) is 4.98 Å². The highest BCUT2D eigenvalue weighted by molar-refractivity contribution is 6.04. The van der Waals surface area contributed by atoms with E-state index in [-0.39, 0.29) is 24.1 Å². The van der Waals surface area contributed by atoms with Crippen LogP contribution in [0.25, 0.3) is 11.1 Å². The Bertz CT molecular complexity index is 1170. The predicted molar refractivity (Wildman–Crippen MR) is 118 cm³/mol. The second-order valence-corrected chi connectivity index (χ2v) is 8.01. The van der Waals surface area contributed by atoms with Crippen molar-refractivity contribution < 1.29 is 19.4 Å². The number of aromatic nitrogens is 1. The van der Waals surface area contributed by atoms with Gasteiger partial charge in [0.15, 0.2) is 5.78 Å². The summed E-state index contributed by atoms with van der Waals surface area (Å²) in [4.78, 5) is 28.6. The van der Waals surface area contributed by atoms with Crippen molar-refractivity contribution in [3.8, 4) is 22.6 Å². The smallest absolute Gasteiger partial charge is 0.248 e. The monoisotopic (exact) mass is 416 g/mol. The first-order chi connectivity index (χ1) is 14.9. The van der Waals surface area contributed by atoms with Crippen LogP contribution in [-0.4, -0.2) is 28.4 Å². The van der Waals surface area contributed by atoms with Crippen LogP contribution in [0.4, 0.5) is 0 Å². The number of primary amides is 1. The molecule has 1 amide bonds. The molecule has 0 unspecified atom stereocenters. The van der Waals surface area contributed by atoms with Gasteiger partial charge in [0.05, 0.1) is 17.7 Å². The molecule has 0 atom stereocenters. The average molecular weight is 416 g/mol. The number of benzene rings is 2. The van der Waals surface area contributed by atoms with E-state index >= 15 is 0 Å². The van der Waals surface area contributed by atoms with Gasteiger partial charge in [-0.05, 0) is 64.9 Å². The Hall–Kier alpha value is -3.67. The van der Waals surface area contributed by atoms with Gasteiger partial charge in [-0.25, -0.2) is 0 Å². The van der Waals surface area contributed by atoms with Crippen LogP contribution in [0.2, 0.25) is 0 Å². The van der Waals surface area contributed by atoms with Crippen LogP contribution in [-0.2, 0) is 6.42 Å². The van der Waals surface area contributed by atoms with E-state index in [0.717, 1.165) is 11.1 Å². The maximum atomic E-state index is 12.7. The maximum absolute atomic E-state index is 12.7. The van der Waals surface area contributed by atoms with Gasteiger partial charge in [0.2, 0.25) is 5.91 Å². The molecule has 0 bridgehead atoms. The minimum Gasteiger partial charge on any atom is -0.507 e. The number of ketones is 1. The Labute approximate surface area is 180 Å². The van der Waals surface area contributed by atoms with Crippen molar-refractivity contribution in [2.75, 3.05) is 6.61 Å². The van der Waals surface area contributed by atoms with E-state index in [1.54, 1.807) is 30.6 Å². The number of hydrogen-bond donors (Lipinski definition) is 2. The zero-order valence-corrected chi connectivity index (χ0v) is 17.5. The molecule has 158 valence electrons. The lowest BCUT2D eigenvalue weighted by atomic mass is 9.86. The molecule has 31 heavy (non-hydrogen) atoms. The van der Waals surface area contributed by atoms with Gasteiger partial charge in [0, 0.05) is 24.4 Å². The molecule has 1 aromatic heterocycles. The van der Waals surface area contributed by atoms with Crippen molar-refractivity contribution in [3.63, 3.8) is 0 Å². The van der Waals surface area contributed by atoms with E-state index in [4.69, 9.17) is 10.5 Å². The van der Waals surface area contributed by atoms with Crippen LogP contribution >= 0.6 is 0 Å². The molecule has 2 heterocycles. The van der Waals surface area contributed by atoms with Gasteiger partial charge in [-0.3, -0.25) is 14.6 Å². The summed E-state index contributed by atoms with van der Waals surface area (Å²) in [5, 5.41) is 11.3. The van der Waals surface area contributed by atoms with E-state index in [1.165, 1.54) is 0 Å². The Kier molecular flexibility index (Phi) is 5.46. The molecule has 0 aliphatic carbocycles. The Morgan fingerprint density at radius 2 is 1.90 bits per heavy atom. The van der Waals surface area contributed by atoms with Crippen molar-refractivity contribution in [2.45, 2.75) is 32.6 Å². The molecule has 1 aliphatic heterocycles. The second kappa shape index (κ2) is 8.22. The molecule has 6 heteroatoms. The molecule has 4 rings (SSSR count). The number of aromatic hydroxyl groups is 1. The fourth-order valence-electron chi connectivity index (χ4n) is 3.94. The largest absolute Gasteiger partial charge is 0.507 e. The number of nitrogens with two attached hydrogens (primary N) is 1. The Morgan fingerprint density at radius 1 is 1.16 bits per heavy atom. The lowest BCUT2D eigenvalue weighted by Gasteiger charge is -2.25. The van der Waals surface area contributed by atoms with Gasteiger partial charge < -0.3 is 15.6 Å². The van der Waals surface area contributed by atoms with Crippen LogP contribution in [0.3, 0.4) is 0 Å². The van der Waals surface area contributed by atoms with Gasteiger partial charge in [-0.1, -0.05) is 19.9 Å². The van der Waals surface area contributed by atoms with Crippen molar-refractivity contribution in [1.29, 1.82) is 0 Å². The van der Waals surface area contributed by atoms with E-state index in [9.17, 15) is 14.7 Å². The van der Waals surface area contributed by atoms with Gasteiger partial charge in [0.25, 0.3) is 0 Å². The third kappa shape index (κ3) is 3.89. The lowest BCUT2D eigenvalue weighted by Crippen LogP contribution is -2.17. The quantitative estimate of drug-likeness (QED) is 0.648. The Morgan fingerprint density at radius 3 is 2.58 bits per heavy atom. The number of Topliss-reactive ketones (excluding diaryl/α,β-unsaturated/α-hetero) is 1. The molecule has 0 fully saturated rings.